The third-order valence-corrected chi connectivity index (χ3v) is 2.74. The normalized spacial score (nSPS) is 17.9. The SMILES string of the molecule is Cc1ccccc1/C=C1\N=C(C(C)(C)C)OC1=O. The fraction of sp³-hybridized carbons (Fsp3) is 0.333. The number of benzene rings is 1. The van der Waals surface area contributed by atoms with E-state index >= 15 is 0 Å². The Morgan fingerprint density at radius 2 is 1.89 bits per heavy atom. The summed E-state index contributed by atoms with van der Waals surface area (Å²) in [5.74, 6) is 0.107. The second-order valence-electron chi connectivity index (χ2n) is 5.44. The monoisotopic (exact) mass is 243 g/mol. The number of aryl methyl sites for hydroxylation is 1. The first-order chi connectivity index (χ1) is 8.38. The fourth-order valence-electron chi connectivity index (χ4n) is 1.63. The summed E-state index contributed by atoms with van der Waals surface area (Å²) < 4.78 is 5.19. The molecule has 3 heteroatoms. The van der Waals surface area contributed by atoms with Crippen molar-refractivity contribution in [1.82, 2.24) is 0 Å². The van der Waals surface area contributed by atoms with Gasteiger partial charge in [0.15, 0.2) is 5.70 Å². The number of carbonyl (C=O) groups excluding carboxylic acids is 1. The Bertz CT molecular complexity index is 548. The number of nitrogens with zero attached hydrogens (tertiary/aromatic N) is 1. The van der Waals surface area contributed by atoms with E-state index in [1.54, 1.807) is 6.08 Å². The highest BCUT2D eigenvalue weighted by Gasteiger charge is 2.31. The van der Waals surface area contributed by atoms with Gasteiger partial charge in [0.1, 0.15) is 0 Å². The molecule has 0 bridgehead atoms. The minimum atomic E-state index is -0.372. The van der Waals surface area contributed by atoms with Gasteiger partial charge in [-0.2, -0.15) is 0 Å². The molecule has 0 N–H and O–H groups in total. The van der Waals surface area contributed by atoms with E-state index in [1.165, 1.54) is 0 Å². The van der Waals surface area contributed by atoms with Crippen LogP contribution in [0.5, 0.6) is 0 Å². The number of hydrogen-bond donors (Lipinski definition) is 0. The molecule has 0 unspecified atom stereocenters. The van der Waals surface area contributed by atoms with Crippen molar-refractivity contribution in [3.8, 4) is 0 Å². The summed E-state index contributed by atoms with van der Waals surface area (Å²) in [6.07, 6.45) is 1.77. The largest absolute Gasteiger partial charge is 0.406 e. The van der Waals surface area contributed by atoms with Gasteiger partial charge in [-0.05, 0) is 24.1 Å². The predicted octanol–water partition coefficient (Wildman–Crippen LogP) is 3.34. The highest BCUT2D eigenvalue weighted by Crippen LogP contribution is 2.26. The Morgan fingerprint density at radius 3 is 2.44 bits per heavy atom. The van der Waals surface area contributed by atoms with Crippen LogP contribution in [0.15, 0.2) is 35.0 Å². The molecule has 1 heterocycles. The Labute approximate surface area is 107 Å². The van der Waals surface area contributed by atoms with E-state index < -0.39 is 0 Å². The molecular weight excluding hydrogens is 226 g/mol. The van der Waals surface area contributed by atoms with Gasteiger partial charge in [0.2, 0.25) is 5.90 Å². The summed E-state index contributed by atoms with van der Waals surface area (Å²) in [7, 11) is 0. The lowest BCUT2D eigenvalue weighted by Crippen LogP contribution is -2.21. The van der Waals surface area contributed by atoms with Crippen molar-refractivity contribution in [2.75, 3.05) is 0 Å². The van der Waals surface area contributed by atoms with Crippen LogP contribution in [-0.2, 0) is 9.53 Å². The number of hydrogen-bond acceptors (Lipinski definition) is 3. The maximum atomic E-state index is 11.7. The van der Waals surface area contributed by atoms with Crippen LogP contribution in [0.3, 0.4) is 0 Å². The van der Waals surface area contributed by atoms with E-state index in [1.807, 2.05) is 52.0 Å². The second kappa shape index (κ2) is 4.41. The predicted molar refractivity (Wildman–Crippen MR) is 72.1 cm³/mol. The van der Waals surface area contributed by atoms with Crippen LogP contribution >= 0.6 is 0 Å². The highest BCUT2D eigenvalue weighted by molar-refractivity contribution is 6.08. The Kier molecular flexibility index (Phi) is 3.07. The van der Waals surface area contributed by atoms with E-state index in [0.29, 0.717) is 11.6 Å². The van der Waals surface area contributed by atoms with Crippen molar-refractivity contribution in [2.45, 2.75) is 27.7 Å². The van der Waals surface area contributed by atoms with Gasteiger partial charge in [0.05, 0.1) is 0 Å². The molecule has 0 atom stereocenters. The molecule has 2 rings (SSSR count). The summed E-state index contributed by atoms with van der Waals surface area (Å²) in [4.78, 5) is 16.0. The molecule has 3 nitrogen and oxygen atoms in total. The molecule has 1 aromatic rings. The van der Waals surface area contributed by atoms with Gasteiger partial charge in [-0.15, -0.1) is 0 Å². The summed E-state index contributed by atoms with van der Waals surface area (Å²) in [6, 6.07) is 7.86. The van der Waals surface area contributed by atoms with Gasteiger partial charge in [-0.3, -0.25) is 0 Å². The molecule has 0 radical (unpaired) electrons. The fourth-order valence-corrected chi connectivity index (χ4v) is 1.63. The van der Waals surface area contributed by atoms with Crippen LogP contribution in [-0.4, -0.2) is 11.9 Å². The minimum Gasteiger partial charge on any atom is -0.406 e. The van der Waals surface area contributed by atoms with Crippen molar-refractivity contribution in [1.29, 1.82) is 0 Å². The molecule has 1 aromatic carbocycles. The van der Waals surface area contributed by atoms with Crippen LogP contribution in [0.4, 0.5) is 0 Å². The molecule has 18 heavy (non-hydrogen) atoms. The van der Waals surface area contributed by atoms with E-state index in [-0.39, 0.29) is 11.4 Å². The first kappa shape index (κ1) is 12.6. The third-order valence-electron chi connectivity index (χ3n) is 2.74. The Hall–Kier alpha value is -1.90. The zero-order valence-corrected chi connectivity index (χ0v) is 11.2. The second-order valence-corrected chi connectivity index (χ2v) is 5.44. The van der Waals surface area contributed by atoms with Crippen LogP contribution in [0.25, 0.3) is 6.08 Å². The van der Waals surface area contributed by atoms with Gasteiger partial charge in [0, 0.05) is 5.41 Å². The van der Waals surface area contributed by atoms with Crippen molar-refractivity contribution in [3.05, 3.63) is 41.1 Å². The lowest BCUT2D eigenvalue weighted by Gasteiger charge is -2.15. The van der Waals surface area contributed by atoms with Crippen LogP contribution in [0, 0.1) is 12.3 Å². The van der Waals surface area contributed by atoms with E-state index in [0.717, 1.165) is 11.1 Å². The number of ether oxygens (including phenoxy) is 1. The van der Waals surface area contributed by atoms with Crippen LogP contribution in [0.2, 0.25) is 0 Å². The molecule has 1 aliphatic heterocycles. The van der Waals surface area contributed by atoms with Crippen LogP contribution < -0.4 is 0 Å². The lowest BCUT2D eigenvalue weighted by atomic mass is 9.97. The van der Waals surface area contributed by atoms with Gasteiger partial charge in [0.25, 0.3) is 0 Å². The zero-order valence-electron chi connectivity index (χ0n) is 11.2. The zero-order chi connectivity index (χ0) is 13.3. The molecule has 0 saturated heterocycles. The van der Waals surface area contributed by atoms with Crippen molar-refractivity contribution in [2.24, 2.45) is 10.4 Å². The third kappa shape index (κ3) is 2.50. The molecule has 0 aromatic heterocycles. The molecular formula is C15H17NO2. The Morgan fingerprint density at radius 1 is 1.22 bits per heavy atom. The number of rotatable bonds is 1. The summed E-state index contributed by atoms with van der Waals surface area (Å²) in [5.41, 5.74) is 2.21. The first-order valence-electron chi connectivity index (χ1n) is 5.96. The summed E-state index contributed by atoms with van der Waals surface area (Å²) in [6.45, 7) is 7.91. The Balaban J connectivity index is 2.38. The quantitative estimate of drug-likeness (QED) is 0.560. The molecule has 0 saturated carbocycles. The minimum absolute atomic E-state index is 0.253. The molecule has 0 aliphatic carbocycles. The number of cyclic esters (lactones) is 1. The van der Waals surface area contributed by atoms with E-state index in [9.17, 15) is 4.79 Å². The smallest absolute Gasteiger partial charge is 0.363 e. The topological polar surface area (TPSA) is 38.7 Å². The van der Waals surface area contributed by atoms with Crippen LogP contribution in [0.1, 0.15) is 31.9 Å². The van der Waals surface area contributed by atoms with Crippen molar-refractivity contribution in [3.63, 3.8) is 0 Å². The van der Waals surface area contributed by atoms with E-state index in [4.69, 9.17) is 4.74 Å². The molecule has 1 aliphatic rings. The molecule has 0 spiro atoms. The number of carbonyl (C=O) groups is 1. The van der Waals surface area contributed by atoms with Gasteiger partial charge in [-0.25, -0.2) is 9.79 Å². The van der Waals surface area contributed by atoms with E-state index in [2.05, 4.69) is 4.99 Å². The standard InChI is InChI=1S/C15H17NO2/c1-10-7-5-6-8-11(10)9-12-13(17)18-14(16-12)15(2,3)4/h5-9H,1-4H3/b12-9-. The highest BCUT2D eigenvalue weighted by atomic mass is 16.6. The lowest BCUT2D eigenvalue weighted by molar-refractivity contribution is -0.130. The summed E-state index contributed by atoms with van der Waals surface area (Å²) in [5, 5.41) is 0. The average Bonchev–Trinajstić information content (AvgIpc) is 2.63. The van der Waals surface area contributed by atoms with Gasteiger partial charge < -0.3 is 4.74 Å². The maximum Gasteiger partial charge on any atom is 0.363 e. The summed E-state index contributed by atoms with van der Waals surface area (Å²) >= 11 is 0. The number of aliphatic imine (C=N–C) groups is 1. The molecule has 94 valence electrons. The molecule has 0 amide bonds. The van der Waals surface area contributed by atoms with Gasteiger partial charge in [-0.1, -0.05) is 45.0 Å². The maximum absolute atomic E-state index is 11.7. The van der Waals surface area contributed by atoms with Gasteiger partial charge >= 0.3 is 5.97 Å². The number of esters is 1. The first-order valence-corrected chi connectivity index (χ1v) is 5.96. The van der Waals surface area contributed by atoms with Crippen molar-refractivity contribution >= 4 is 17.9 Å². The molecule has 0 fully saturated rings. The average molecular weight is 243 g/mol. The van der Waals surface area contributed by atoms with Crippen molar-refractivity contribution < 1.29 is 9.53 Å².